The monoisotopic (exact) mass is 391 g/mol. The van der Waals surface area contributed by atoms with Gasteiger partial charge in [-0.3, -0.25) is 4.79 Å². The van der Waals surface area contributed by atoms with Crippen LogP contribution in [0.15, 0.2) is 60.8 Å². The van der Waals surface area contributed by atoms with Crippen LogP contribution in [0.5, 0.6) is 0 Å². The van der Waals surface area contributed by atoms with Gasteiger partial charge in [-0.05, 0) is 30.3 Å². The summed E-state index contributed by atoms with van der Waals surface area (Å²) in [6.07, 6.45) is 2.02. The maximum atomic E-state index is 13.2. The lowest BCUT2D eigenvalue weighted by Gasteiger charge is -2.12. The lowest BCUT2D eigenvalue weighted by atomic mass is 10.2. The second-order valence-electron chi connectivity index (χ2n) is 6.93. The van der Waals surface area contributed by atoms with Crippen LogP contribution in [0, 0.1) is 0 Å². The lowest BCUT2D eigenvalue weighted by molar-refractivity contribution is 0.101. The Morgan fingerprint density at radius 1 is 0.931 bits per heavy atom. The summed E-state index contributed by atoms with van der Waals surface area (Å²) in [4.78, 5) is 13.2. The number of aromatic nitrogens is 2. The molecule has 2 heterocycles. The summed E-state index contributed by atoms with van der Waals surface area (Å²) < 4.78 is 14.6. The number of anilines is 1. The average molecular weight is 391 g/mol. The van der Waals surface area contributed by atoms with E-state index in [4.69, 9.17) is 9.47 Å². The number of rotatable bonds is 8. The fourth-order valence-electron chi connectivity index (χ4n) is 3.73. The normalized spacial score (nSPS) is 11.4. The highest BCUT2D eigenvalue weighted by molar-refractivity contribution is 6.10. The van der Waals surface area contributed by atoms with Crippen molar-refractivity contribution in [1.29, 1.82) is 0 Å². The van der Waals surface area contributed by atoms with Crippen molar-refractivity contribution in [2.24, 2.45) is 0 Å². The number of nitrogens with zero attached hydrogens (tertiary/aromatic N) is 2. The second-order valence-corrected chi connectivity index (χ2v) is 6.93. The molecule has 0 radical (unpaired) electrons. The van der Waals surface area contributed by atoms with Gasteiger partial charge in [0.15, 0.2) is 0 Å². The molecule has 1 N–H and O–H groups in total. The van der Waals surface area contributed by atoms with Crippen LogP contribution in [0.1, 0.15) is 10.5 Å². The average Bonchev–Trinajstić information content (AvgIpc) is 3.33. The molecular weight excluding hydrogens is 366 g/mol. The van der Waals surface area contributed by atoms with Crippen molar-refractivity contribution in [3.63, 3.8) is 0 Å². The summed E-state index contributed by atoms with van der Waals surface area (Å²) in [7, 11) is 3.36. The van der Waals surface area contributed by atoms with E-state index in [0.717, 1.165) is 34.0 Å². The summed E-state index contributed by atoms with van der Waals surface area (Å²) in [5, 5.41) is 5.15. The fourth-order valence-corrected chi connectivity index (χ4v) is 3.73. The number of ether oxygens (including phenoxy) is 2. The first-order chi connectivity index (χ1) is 14.2. The number of hydrogen-bond donors (Lipinski definition) is 1. The molecule has 0 spiro atoms. The van der Waals surface area contributed by atoms with Crippen LogP contribution >= 0.6 is 0 Å². The minimum Gasteiger partial charge on any atom is -0.383 e. The molecule has 2 aromatic carbocycles. The van der Waals surface area contributed by atoms with Crippen molar-refractivity contribution < 1.29 is 14.3 Å². The van der Waals surface area contributed by atoms with E-state index < -0.39 is 0 Å². The van der Waals surface area contributed by atoms with Gasteiger partial charge in [-0.25, -0.2) is 0 Å². The Hall–Kier alpha value is -3.09. The second kappa shape index (κ2) is 8.51. The molecule has 0 aliphatic heterocycles. The molecule has 4 rings (SSSR count). The van der Waals surface area contributed by atoms with Gasteiger partial charge >= 0.3 is 0 Å². The van der Waals surface area contributed by atoms with Crippen LogP contribution in [0.4, 0.5) is 5.69 Å². The maximum Gasteiger partial charge on any atom is 0.272 e. The van der Waals surface area contributed by atoms with Crippen LogP contribution < -0.4 is 5.32 Å². The van der Waals surface area contributed by atoms with Crippen molar-refractivity contribution in [3.05, 3.63) is 66.5 Å². The Balaban J connectivity index is 1.67. The van der Waals surface area contributed by atoms with Gasteiger partial charge in [-0.2, -0.15) is 0 Å². The fraction of sp³-hybridized carbons (Fsp3) is 0.261. The molecule has 1 amide bonds. The summed E-state index contributed by atoms with van der Waals surface area (Å²) in [5.74, 6) is -0.130. The molecule has 0 atom stereocenters. The third-order valence-electron chi connectivity index (χ3n) is 5.16. The van der Waals surface area contributed by atoms with Gasteiger partial charge in [0.25, 0.3) is 5.91 Å². The Morgan fingerprint density at radius 2 is 1.69 bits per heavy atom. The number of carbonyl (C=O) groups excluding carboxylic acids is 1. The molecule has 4 aromatic rings. The molecule has 6 heteroatoms. The summed E-state index contributed by atoms with van der Waals surface area (Å²) in [6, 6.07) is 17.9. The SMILES string of the molecule is COCCn1ccc2c(NC(=O)c3cc4ccccc4n3CCOC)cccc21. The Kier molecular flexibility index (Phi) is 5.64. The van der Waals surface area contributed by atoms with E-state index in [2.05, 4.69) is 16.0 Å². The van der Waals surface area contributed by atoms with Gasteiger partial charge in [-0.1, -0.05) is 24.3 Å². The van der Waals surface area contributed by atoms with Crippen molar-refractivity contribution in [2.75, 3.05) is 32.8 Å². The number of fused-ring (bicyclic) bond motifs is 2. The van der Waals surface area contributed by atoms with Crippen LogP contribution in [0.25, 0.3) is 21.8 Å². The highest BCUT2D eigenvalue weighted by atomic mass is 16.5. The number of para-hydroxylation sites is 1. The minimum absolute atomic E-state index is 0.130. The first kappa shape index (κ1) is 19.2. The summed E-state index contributed by atoms with van der Waals surface area (Å²) in [6.45, 7) is 2.56. The Bertz CT molecular complexity index is 1140. The van der Waals surface area contributed by atoms with E-state index in [-0.39, 0.29) is 5.91 Å². The first-order valence-electron chi connectivity index (χ1n) is 9.68. The third kappa shape index (κ3) is 3.77. The zero-order valence-electron chi connectivity index (χ0n) is 16.7. The molecular formula is C23H25N3O3. The van der Waals surface area contributed by atoms with Gasteiger partial charge in [0.1, 0.15) is 5.69 Å². The smallest absolute Gasteiger partial charge is 0.272 e. The molecule has 6 nitrogen and oxygen atoms in total. The molecule has 0 bridgehead atoms. The van der Waals surface area contributed by atoms with Gasteiger partial charge < -0.3 is 23.9 Å². The van der Waals surface area contributed by atoms with Crippen molar-refractivity contribution in [1.82, 2.24) is 9.13 Å². The molecule has 0 saturated carbocycles. The zero-order valence-corrected chi connectivity index (χ0v) is 16.7. The molecule has 0 aliphatic rings. The largest absolute Gasteiger partial charge is 0.383 e. The zero-order chi connectivity index (χ0) is 20.2. The Morgan fingerprint density at radius 3 is 2.52 bits per heavy atom. The topological polar surface area (TPSA) is 57.4 Å². The van der Waals surface area contributed by atoms with E-state index in [0.29, 0.717) is 25.5 Å². The predicted octanol–water partition coefficient (Wildman–Crippen LogP) is 4.14. The van der Waals surface area contributed by atoms with Crippen molar-refractivity contribution in [3.8, 4) is 0 Å². The maximum absolute atomic E-state index is 13.2. The van der Waals surface area contributed by atoms with Crippen LogP contribution in [-0.2, 0) is 22.6 Å². The number of methoxy groups -OCH3 is 2. The van der Waals surface area contributed by atoms with Crippen LogP contribution in [0.2, 0.25) is 0 Å². The molecule has 29 heavy (non-hydrogen) atoms. The van der Waals surface area contributed by atoms with Crippen molar-refractivity contribution in [2.45, 2.75) is 13.1 Å². The number of nitrogens with one attached hydrogen (secondary N) is 1. The van der Waals surface area contributed by atoms with Gasteiger partial charge in [0, 0.05) is 49.8 Å². The van der Waals surface area contributed by atoms with Gasteiger partial charge in [-0.15, -0.1) is 0 Å². The van der Waals surface area contributed by atoms with E-state index in [9.17, 15) is 4.79 Å². The van der Waals surface area contributed by atoms with Crippen molar-refractivity contribution >= 4 is 33.4 Å². The number of benzene rings is 2. The van der Waals surface area contributed by atoms with E-state index in [1.165, 1.54) is 0 Å². The number of carbonyl (C=O) groups is 1. The Labute approximate surface area is 169 Å². The lowest BCUT2D eigenvalue weighted by Crippen LogP contribution is -2.18. The number of amides is 1. The minimum atomic E-state index is -0.130. The highest BCUT2D eigenvalue weighted by Crippen LogP contribution is 2.26. The molecule has 150 valence electrons. The predicted molar refractivity (Wildman–Crippen MR) is 116 cm³/mol. The molecule has 0 fully saturated rings. The molecule has 0 saturated heterocycles. The first-order valence-corrected chi connectivity index (χ1v) is 9.68. The number of hydrogen-bond acceptors (Lipinski definition) is 3. The molecule has 2 aromatic heterocycles. The molecule has 0 unspecified atom stereocenters. The van der Waals surface area contributed by atoms with Gasteiger partial charge in [0.05, 0.1) is 24.4 Å². The molecule has 0 aliphatic carbocycles. The van der Waals surface area contributed by atoms with Crippen LogP contribution in [-0.4, -0.2) is 42.5 Å². The quantitative estimate of drug-likeness (QED) is 0.491. The standard InChI is InChI=1S/C23H25N3O3/c1-28-14-12-25-11-10-18-19(7-5-9-21(18)25)24-23(27)22-16-17-6-3-4-8-20(17)26(22)13-15-29-2/h3-11,16H,12-15H2,1-2H3,(H,24,27). The highest BCUT2D eigenvalue weighted by Gasteiger charge is 2.17. The van der Waals surface area contributed by atoms with E-state index in [1.807, 2.05) is 59.3 Å². The summed E-state index contributed by atoms with van der Waals surface area (Å²) in [5.41, 5.74) is 3.52. The van der Waals surface area contributed by atoms with Gasteiger partial charge in [0.2, 0.25) is 0 Å². The van der Waals surface area contributed by atoms with E-state index >= 15 is 0 Å². The van der Waals surface area contributed by atoms with E-state index in [1.54, 1.807) is 14.2 Å². The summed E-state index contributed by atoms with van der Waals surface area (Å²) >= 11 is 0. The van der Waals surface area contributed by atoms with Crippen LogP contribution in [0.3, 0.4) is 0 Å². The third-order valence-corrected chi connectivity index (χ3v) is 5.16.